The number of hydrogen-bond donors (Lipinski definition) is 2. The number of para-hydroxylation sites is 1. The van der Waals surface area contributed by atoms with E-state index in [0.29, 0.717) is 31.7 Å². The van der Waals surface area contributed by atoms with Gasteiger partial charge in [-0.15, -0.1) is 6.58 Å². The molecular formula is C30H38N2O5. The van der Waals surface area contributed by atoms with Crippen LogP contribution in [0.3, 0.4) is 0 Å². The third kappa shape index (κ3) is 8.20. The molecule has 0 spiro atoms. The number of nitrogens with one attached hydrogen (secondary N) is 1. The predicted octanol–water partition coefficient (Wildman–Crippen LogP) is 5.42. The Hall–Kier alpha value is -3.61. The van der Waals surface area contributed by atoms with E-state index in [2.05, 4.69) is 11.9 Å². The Balaban J connectivity index is 1.71. The molecule has 0 unspecified atom stereocenters. The molecule has 7 nitrogen and oxygen atoms in total. The number of allylic oxidation sites excluding steroid dienone is 1. The predicted molar refractivity (Wildman–Crippen MR) is 143 cm³/mol. The van der Waals surface area contributed by atoms with Crippen LogP contribution in [-0.2, 0) is 20.9 Å². The Morgan fingerprint density at radius 3 is 2.51 bits per heavy atom. The van der Waals surface area contributed by atoms with E-state index in [0.717, 1.165) is 24.2 Å². The number of nitrogens with zero attached hydrogens (tertiary/aromatic N) is 1. The van der Waals surface area contributed by atoms with Crippen molar-refractivity contribution in [1.82, 2.24) is 10.2 Å². The van der Waals surface area contributed by atoms with Gasteiger partial charge in [-0.3, -0.25) is 14.4 Å². The van der Waals surface area contributed by atoms with Crippen molar-refractivity contribution in [3.8, 4) is 11.5 Å². The molecule has 3 rings (SSSR count). The largest absolute Gasteiger partial charge is 0.481 e. The van der Waals surface area contributed by atoms with Gasteiger partial charge >= 0.3 is 5.97 Å². The van der Waals surface area contributed by atoms with Crippen LogP contribution in [0.15, 0.2) is 67.3 Å². The lowest BCUT2D eigenvalue weighted by atomic mass is 9.82. The summed E-state index contributed by atoms with van der Waals surface area (Å²) in [5.74, 6) is -1.58. The SMILES string of the molecule is C=CC[C@H](C(=O)O)[C@@H](CC(C)C)C(=O)N[C@H]1CCCCN(Cc2cccc(Oc3ccccc3)c2)C1=O. The minimum absolute atomic E-state index is 0.133. The maximum atomic E-state index is 13.5. The van der Waals surface area contributed by atoms with Gasteiger partial charge in [0.2, 0.25) is 11.8 Å². The van der Waals surface area contributed by atoms with Crippen LogP contribution in [-0.4, -0.2) is 40.4 Å². The van der Waals surface area contributed by atoms with Crippen molar-refractivity contribution < 1.29 is 24.2 Å². The molecule has 0 radical (unpaired) electrons. The second-order valence-corrected chi connectivity index (χ2v) is 10.1. The summed E-state index contributed by atoms with van der Waals surface area (Å²) < 4.78 is 5.94. The highest BCUT2D eigenvalue weighted by molar-refractivity contribution is 5.90. The topological polar surface area (TPSA) is 95.9 Å². The van der Waals surface area contributed by atoms with E-state index >= 15 is 0 Å². The van der Waals surface area contributed by atoms with Crippen LogP contribution >= 0.6 is 0 Å². The Labute approximate surface area is 219 Å². The van der Waals surface area contributed by atoms with Gasteiger partial charge in [-0.25, -0.2) is 0 Å². The molecule has 2 aromatic rings. The van der Waals surface area contributed by atoms with Gasteiger partial charge < -0.3 is 20.1 Å². The molecular weight excluding hydrogens is 468 g/mol. The average molecular weight is 507 g/mol. The average Bonchev–Trinajstić information content (AvgIpc) is 3.03. The van der Waals surface area contributed by atoms with E-state index in [9.17, 15) is 19.5 Å². The number of carbonyl (C=O) groups excluding carboxylic acids is 2. The van der Waals surface area contributed by atoms with Crippen LogP contribution < -0.4 is 10.1 Å². The highest BCUT2D eigenvalue weighted by Gasteiger charge is 2.36. The van der Waals surface area contributed by atoms with Gasteiger partial charge in [0.15, 0.2) is 0 Å². The molecule has 0 bridgehead atoms. The molecule has 1 fully saturated rings. The highest BCUT2D eigenvalue weighted by atomic mass is 16.5. The highest BCUT2D eigenvalue weighted by Crippen LogP contribution is 2.27. The van der Waals surface area contributed by atoms with Crippen molar-refractivity contribution in [1.29, 1.82) is 0 Å². The first kappa shape index (κ1) is 28.0. The van der Waals surface area contributed by atoms with Crippen molar-refractivity contribution in [3.05, 3.63) is 72.8 Å². The standard InChI is InChI=1S/C30H38N2O5/c1-4-11-25(30(35)36)26(18-21(2)3)28(33)31-27-16-8-9-17-32(29(27)34)20-22-12-10-15-24(19-22)37-23-13-6-5-7-14-23/h4-7,10,12-15,19,21,25-27H,1,8-9,11,16-18,20H2,2-3H3,(H,31,33)(H,35,36)/t25-,26+,27-/m0/s1. The first-order valence-electron chi connectivity index (χ1n) is 13.0. The fourth-order valence-corrected chi connectivity index (χ4v) is 4.81. The van der Waals surface area contributed by atoms with Crippen LogP contribution in [0.5, 0.6) is 11.5 Å². The number of hydrogen-bond acceptors (Lipinski definition) is 4. The smallest absolute Gasteiger partial charge is 0.307 e. The minimum atomic E-state index is -1.02. The second-order valence-electron chi connectivity index (χ2n) is 10.1. The third-order valence-electron chi connectivity index (χ3n) is 6.63. The van der Waals surface area contributed by atoms with Gasteiger partial charge in [0.1, 0.15) is 17.5 Å². The van der Waals surface area contributed by atoms with Crippen LogP contribution in [0.1, 0.15) is 51.5 Å². The zero-order valence-electron chi connectivity index (χ0n) is 21.8. The number of carbonyl (C=O) groups is 3. The quantitative estimate of drug-likeness (QED) is 0.375. The first-order valence-corrected chi connectivity index (χ1v) is 13.0. The number of aliphatic carboxylic acids is 1. The number of amides is 2. The maximum Gasteiger partial charge on any atom is 0.307 e. The lowest BCUT2D eigenvalue weighted by Gasteiger charge is -2.28. The summed E-state index contributed by atoms with van der Waals surface area (Å²) in [7, 11) is 0. The molecule has 198 valence electrons. The fourth-order valence-electron chi connectivity index (χ4n) is 4.81. The Morgan fingerprint density at radius 2 is 1.84 bits per heavy atom. The zero-order valence-corrected chi connectivity index (χ0v) is 21.8. The van der Waals surface area contributed by atoms with Gasteiger partial charge in [-0.05, 0) is 67.9 Å². The number of rotatable bonds is 12. The third-order valence-corrected chi connectivity index (χ3v) is 6.63. The van der Waals surface area contributed by atoms with Crippen molar-refractivity contribution in [2.24, 2.45) is 17.8 Å². The molecule has 0 saturated carbocycles. The summed E-state index contributed by atoms with van der Waals surface area (Å²) >= 11 is 0. The summed E-state index contributed by atoms with van der Waals surface area (Å²) in [4.78, 5) is 40.5. The molecule has 1 aliphatic rings. The summed E-state index contributed by atoms with van der Waals surface area (Å²) in [5, 5.41) is 12.7. The summed E-state index contributed by atoms with van der Waals surface area (Å²) in [5.41, 5.74) is 0.934. The van der Waals surface area contributed by atoms with Gasteiger partial charge in [0, 0.05) is 13.1 Å². The van der Waals surface area contributed by atoms with Crippen LogP contribution in [0.4, 0.5) is 0 Å². The lowest BCUT2D eigenvalue weighted by Crippen LogP contribution is -2.50. The second kappa shape index (κ2) is 13.6. The van der Waals surface area contributed by atoms with E-state index in [1.165, 1.54) is 6.08 Å². The molecule has 2 N–H and O–H groups in total. The van der Waals surface area contributed by atoms with Gasteiger partial charge in [-0.1, -0.05) is 50.3 Å². The van der Waals surface area contributed by atoms with E-state index in [4.69, 9.17) is 4.74 Å². The first-order chi connectivity index (χ1) is 17.8. The minimum Gasteiger partial charge on any atom is -0.481 e. The van der Waals surface area contributed by atoms with Crippen LogP contribution in [0.2, 0.25) is 0 Å². The normalized spacial score (nSPS) is 17.5. The molecule has 37 heavy (non-hydrogen) atoms. The summed E-state index contributed by atoms with van der Waals surface area (Å²) in [6.07, 6.45) is 4.33. The molecule has 1 heterocycles. The van der Waals surface area contributed by atoms with Crippen molar-refractivity contribution in [3.63, 3.8) is 0 Å². The number of carboxylic acids is 1. The van der Waals surface area contributed by atoms with Crippen molar-refractivity contribution >= 4 is 17.8 Å². The van der Waals surface area contributed by atoms with Crippen molar-refractivity contribution in [2.45, 2.75) is 58.5 Å². The number of ether oxygens (including phenoxy) is 1. The van der Waals surface area contributed by atoms with Gasteiger partial charge in [0.05, 0.1) is 11.8 Å². The molecule has 2 aromatic carbocycles. The Kier molecular flexibility index (Phi) is 10.3. The molecule has 1 saturated heterocycles. The summed E-state index contributed by atoms with van der Waals surface area (Å²) in [6, 6.07) is 16.5. The van der Waals surface area contributed by atoms with E-state index in [-0.39, 0.29) is 24.2 Å². The van der Waals surface area contributed by atoms with Gasteiger partial charge in [0.25, 0.3) is 0 Å². The monoisotopic (exact) mass is 506 g/mol. The van der Waals surface area contributed by atoms with Gasteiger partial charge in [-0.2, -0.15) is 0 Å². The molecule has 2 amide bonds. The van der Waals surface area contributed by atoms with E-state index < -0.39 is 23.8 Å². The van der Waals surface area contributed by atoms with Crippen molar-refractivity contribution in [2.75, 3.05) is 6.54 Å². The summed E-state index contributed by atoms with van der Waals surface area (Å²) in [6.45, 7) is 8.58. The number of benzene rings is 2. The van der Waals surface area contributed by atoms with E-state index in [1.807, 2.05) is 68.4 Å². The molecule has 3 atom stereocenters. The van der Waals surface area contributed by atoms with Crippen LogP contribution in [0, 0.1) is 17.8 Å². The van der Waals surface area contributed by atoms with Crippen LogP contribution in [0.25, 0.3) is 0 Å². The van der Waals surface area contributed by atoms with E-state index in [1.54, 1.807) is 4.90 Å². The lowest BCUT2D eigenvalue weighted by molar-refractivity contribution is -0.148. The molecule has 7 heteroatoms. The fraction of sp³-hybridized carbons (Fsp3) is 0.433. The molecule has 0 aromatic heterocycles. The maximum absolute atomic E-state index is 13.5. The Bertz CT molecular complexity index is 1070. The Morgan fingerprint density at radius 1 is 1.11 bits per heavy atom. The number of likely N-dealkylation sites (tertiary alicyclic amines) is 1. The number of carboxylic acid groups (broad SMARTS) is 1. The zero-order chi connectivity index (χ0) is 26.8. The molecule has 0 aliphatic carbocycles. The molecule has 1 aliphatic heterocycles.